The van der Waals surface area contributed by atoms with Gasteiger partial charge in [-0.15, -0.1) is 0 Å². The lowest BCUT2D eigenvalue weighted by Gasteiger charge is -2.34. The molecule has 1 aromatic carbocycles. The van der Waals surface area contributed by atoms with E-state index in [4.69, 9.17) is 4.74 Å². The zero-order valence-electron chi connectivity index (χ0n) is 17.0. The van der Waals surface area contributed by atoms with E-state index >= 15 is 0 Å². The van der Waals surface area contributed by atoms with Gasteiger partial charge in [0.05, 0.1) is 12.1 Å². The molecule has 0 bridgehead atoms. The lowest BCUT2D eigenvalue weighted by Crippen LogP contribution is -2.46. The van der Waals surface area contributed by atoms with E-state index in [1.165, 1.54) is 4.90 Å². The predicted molar refractivity (Wildman–Crippen MR) is 100 cm³/mol. The number of likely N-dealkylation sites (tertiary alicyclic amines) is 1. The molecule has 0 spiro atoms. The number of carbonyl (C=O) groups excluding carboxylic acids is 3. The molecule has 1 saturated heterocycles. The molecular weight excluding hydrogens is 408 g/mol. The quantitative estimate of drug-likeness (QED) is 0.532. The van der Waals surface area contributed by atoms with Crippen LogP contribution >= 0.6 is 0 Å². The predicted octanol–water partition coefficient (Wildman–Crippen LogP) is 4.02. The summed E-state index contributed by atoms with van der Waals surface area (Å²) in [6.07, 6.45) is -4.37. The lowest BCUT2D eigenvalue weighted by molar-refractivity contribution is -0.140. The molecule has 1 aromatic rings. The molecule has 0 N–H and O–H groups in total. The molecule has 6 nitrogen and oxygen atoms in total. The highest BCUT2D eigenvalue weighted by Crippen LogP contribution is 2.33. The highest BCUT2D eigenvalue weighted by atomic mass is 19.4. The van der Waals surface area contributed by atoms with Gasteiger partial charge in [0.15, 0.2) is 0 Å². The number of hydrogen-bond donors (Lipinski definition) is 0. The molecule has 1 heterocycles. The SMILES string of the molecule is CC(C)(C)OC(=O)N1CCC(C(=O)N(CC=O)c2ccc(C(F)(F)F)c(F)c2)CC1. The summed E-state index contributed by atoms with van der Waals surface area (Å²) < 4.78 is 57.5. The first kappa shape index (κ1) is 23.6. The Morgan fingerprint density at radius 3 is 2.27 bits per heavy atom. The van der Waals surface area contributed by atoms with Crippen LogP contribution in [0, 0.1) is 11.7 Å². The van der Waals surface area contributed by atoms with Crippen LogP contribution in [0.1, 0.15) is 39.2 Å². The Bertz CT molecular complexity index is 797. The van der Waals surface area contributed by atoms with E-state index in [9.17, 15) is 31.9 Å². The van der Waals surface area contributed by atoms with Crippen LogP contribution in [0.25, 0.3) is 0 Å². The zero-order valence-corrected chi connectivity index (χ0v) is 17.0. The molecule has 2 amide bonds. The van der Waals surface area contributed by atoms with E-state index < -0.39 is 47.6 Å². The van der Waals surface area contributed by atoms with E-state index in [1.54, 1.807) is 20.8 Å². The van der Waals surface area contributed by atoms with Crippen molar-refractivity contribution in [3.8, 4) is 0 Å². The molecule has 1 fully saturated rings. The number of nitrogens with zero attached hydrogens (tertiary/aromatic N) is 2. The Morgan fingerprint density at radius 2 is 1.80 bits per heavy atom. The van der Waals surface area contributed by atoms with Crippen LogP contribution in [-0.2, 0) is 20.5 Å². The Kier molecular flexibility index (Phi) is 7.10. The first-order valence-electron chi connectivity index (χ1n) is 9.43. The number of ether oxygens (including phenoxy) is 1. The van der Waals surface area contributed by atoms with Gasteiger partial charge < -0.3 is 19.3 Å². The molecular formula is C20H24F4N2O4. The van der Waals surface area contributed by atoms with Crippen molar-refractivity contribution in [2.45, 2.75) is 45.4 Å². The summed E-state index contributed by atoms with van der Waals surface area (Å²) in [5.74, 6) is -2.59. The Balaban J connectivity index is 2.11. The van der Waals surface area contributed by atoms with Crippen LogP contribution in [-0.4, -0.2) is 48.4 Å². The molecule has 30 heavy (non-hydrogen) atoms. The largest absolute Gasteiger partial charge is 0.444 e. The number of rotatable bonds is 4. The second kappa shape index (κ2) is 9.01. The minimum Gasteiger partial charge on any atom is -0.444 e. The molecule has 166 valence electrons. The van der Waals surface area contributed by atoms with E-state index in [0.717, 1.165) is 11.0 Å². The summed E-state index contributed by atoms with van der Waals surface area (Å²) in [5, 5.41) is 0. The van der Waals surface area contributed by atoms with Crippen molar-refractivity contribution in [1.29, 1.82) is 0 Å². The summed E-state index contributed by atoms with van der Waals surface area (Å²) in [4.78, 5) is 38.5. The van der Waals surface area contributed by atoms with Crippen LogP contribution in [0.3, 0.4) is 0 Å². The molecule has 0 atom stereocenters. The average molecular weight is 432 g/mol. The van der Waals surface area contributed by atoms with Gasteiger partial charge in [-0.1, -0.05) is 0 Å². The molecule has 1 aliphatic heterocycles. The van der Waals surface area contributed by atoms with Gasteiger partial charge in [0, 0.05) is 24.7 Å². The molecule has 0 aromatic heterocycles. The van der Waals surface area contributed by atoms with E-state index in [1.807, 2.05) is 0 Å². The Labute approximate surface area is 171 Å². The van der Waals surface area contributed by atoms with Gasteiger partial charge >= 0.3 is 12.3 Å². The van der Waals surface area contributed by atoms with Gasteiger partial charge in [0.25, 0.3) is 0 Å². The summed E-state index contributed by atoms with van der Waals surface area (Å²) in [6.45, 7) is 5.30. The van der Waals surface area contributed by atoms with Crippen molar-refractivity contribution in [3.63, 3.8) is 0 Å². The number of halogens is 4. The summed E-state index contributed by atoms with van der Waals surface area (Å²) in [5.41, 5.74) is -2.24. The van der Waals surface area contributed by atoms with Crippen LogP contribution in [0.15, 0.2) is 18.2 Å². The second-order valence-corrected chi connectivity index (χ2v) is 8.02. The molecule has 0 aliphatic carbocycles. The number of alkyl halides is 3. The number of carbonyl (C=O) groups is 3. The van der Waals surface area contributed by atoms with Crippen molar-refractivity contribution in [3.05, 3.63) is 29.6 Å². The van der Waals surface area contributed by atoms with E-state index in [2.05, 4.69) is 0 Å². The highest BCUT2D eigenvalue weighted by Gasteiger charge is 2.36. The van der Waals surface area contributed by atoms with Crippen molar-refractivity contribution < 1.29 is 36.7 Å². The fraction of sp³-hybridized carbons (Fsp3) is 0.550. The van der Waals surface area contributed by atoms with Gasteiger partial charge in [-0.2, -0.15) is 13.2 Å². The maximum Gasteiger partial charge on any atom is 0.419 e. The van der Waals surface area contributed by atoms with Crippen molar-refractivity contribution >= 4 is 24.0 Å². The monoisotopic (exact) mass is 432 g/mol. The fourth-order valence-corrected chi connectivity index (χ4v) is 3.15. The van der Waals surface area contributed by atoms with Crippen molar-refractivity contribution in [2.75, 3.05) is 24.5 Å². The van der Waals surface area contributed by atoms with E-state index in [-0.39, 0.29) is 31.6 Å². The van der Waals surface area contributed by atoms with Gasteiger partial charge in [-0.3, -0.25) is 4.79 Å². The van der Waals surface area contributed by atoms with Crippen molar-refractivity contribution in [2.24, 2.45) is 5.92 Å². The normalized spacial score (nSPS) is 15.6. The number of piperidine rings is 1. The minimum absolute atomic E-state index is 0.132. The third-order valence-electron chi connectivity index (χ3n) is 4.59. The maximum absolute atomic E-state index is 13.9. The maximum atomic E-state index is 13.9. The van der Waals surface area contributed by atoms with Gasteiger partial charge in [-0.25, -0.2) is 9.18 Å². The van der Waals surface area contributed by atoms with Crippen LogP contribution in [0.2, 0.25) is 0 Å². The third-order valence-corrected chi connectivity index (χ3v) is 4.59. The number of aldehydes is 1. The summed E-state index contributed by atoms with van der Waals surface area (Å²) in [6, 6.07) is 2.10. The third kappa shape index (κ3) is 5.93. The second-order valence-electron chi connectivity index (χ2n) is 8.02. The molecule has 0 saturated carbocycles. The van der Waals surface area contributed by atoms with Crippen LogP contribution < -0.4 is 4.90 Å². The van der Waals surface area contributed by atoms with E-state index in [0.29, 0.717) is 18.4 Å². The first-order valence-corrected chi connectivity index (χ1v) is 9.43. The number of benzene rings is 1. The Morgan fingerprint density at radius 1 is 1.20 bits per heavy atom. The fourth-order valence-electron chi connectivity index (χ4n) is 3.15. The number of hydrogen-bond acceptors (Lipinski definition) is 4. The topological polar surface area (TPSA) is 66.9 Å². The number of anilines is 1. The van der Waals surface area contributed by atoms with Gasteiger partial charge in [0.1, 0.15) is 17.7 Å². The standard InChI is InChI=1S/C20H24F4N2O4/c1-19(2,3)30-18(29)25-8-6-13(7-9-25)17(28)26(10-11-27)14-4-5-15(16(21)12-14)20(22,23)24/h4-5,11-13H,6-10H2,1-3H3. The molecule has 10 heteroatoms. The zero-order chi connectivity index (χ0) is 22.7. The van der Waals surface area contributed by atoms with Crippen molar-refractivity contribution in [1.82, 2.24) is 4.90 Å². The minimum atomic E-state index is -4.86. The first-order chi connectivity index (χ1) is 13.8. The Hall–Kier alpha value is -2.65. The van der Waals surface area contributed by atoms with Gasteiger partial charge in [0.2, 0.25) is 5.91 Å². The average Bonchev–Trinajstić information content (AvgIpc) is 2.63. The molecule has 1 aliphatic rings. The van der Waals surface area contributed by atoms with Crippen LogP contribution in [0.4, 0.5) is 28.0 Å². The molecule has 0 unspecified atom stereocenters. The lowest BCUT2D eigenvalue weighted by atomic mass is 9.95. The smallest absolute Gasteiger partial charge is 0.419 e. The molecule has 0 radical (unpaired) electrons. The van der Waals surface area contributed by atoms with Crippen LogP contribution in [0.5, 0.6) is 0 Å². The highest BCUT2D eigenvalue weighted by molar-refractivity contribution is 5.97. The summed E-state index contributed by atoms with van der Waals surface area (Å²) in [7, 11) is 0. The summed E-state index contributed by atoms with van der Waals surface area (Å²) >= 11 is 0. The number of amides is 2. The van der Waals surface area contributed by atoms with Gasteiger partial charge in [-0.05, 0) is 51.8 Å². The molecule has 2 rings (SSSR count).